The summed E-state index contributed by atoms with van der Waals surface area (Å²) in [4.78, 5) is 14.0. The molecule has 0 unspecified atom stereocenters. The molecular formula is C11H15N3O3. The molecule has 92 valence electrons. The molecule has 0 radical (unpaired) electrons. The minimum absolute atomic E-state index is 0.0980. The van der Waals surface area contributed by atoms with E-state index in [1.807, 2.05) is 4.90 Å². The summed E-state index contributed by atoms with van der Waals surface area (Å²) >= 11 is 0. The number of hydrogen-bond donors (Lipinski definition) is 1. The van der Waals surface area contributed by atoms with Crippen molar-refractivity contribution >= 4 is 5.91 Å². The van der Waals surface area contributed by atoms with Gasteiger partial charge in [-0.1, -0.05) is 0 Å². The van der Waals surface area contributed by atoms with Gasteiger partial charge in [0.15, 0.2) is 0 Å². The lowest BCUT2D eigenvalue weighted by Gasteiger charge is -2.30. The lowest BCUT2D eigenvalue weighted by Crippen LogP contribution is -2.44. The van der Waals surface area contributed by atoms with Crippen LogP contribution in [0.4, 0.5) is 0 Å². The lowest BCUT2D eigenvalue weighted by molar-refractivity contribution is 0.0649. The van der Waals surface area contributed by atoms with Crippen LogP contribution in [0.25, 0.3) is 0 Å². The number of aromatic nitrogens is 1. The zero-order valence-corrected chi connectivity index (χ0v) is 9.68. The number of nitrogens with zero attached hydrogens (tertiary/aromatic N) is 2. The Labute approximate surface area is 98.9 Å². The lowest BCUT2D eigenvalue weighted by atomic mass is 10.00. The Hall–Kier alpha value is -1.56. The number of carbonyl (C=O) groups is 1. The van der Waals surface area contributed by atoms with Crippen molar-refractivity contribution in [3.8, 4) is 5.88 Å². The van der Waals surface area contributed by atoms with Crippen LogP contribution in [0.1, 0.15) is 17.0 Å². The van der Waals surface area contributed by atoms with Crippen molar-refractivity contribution in [2.45, 2.75) is 12.5 Å². The van der Waals surface area contributed by atoms with Crippen LogP contribution >= 0.6 is 0 Å². The number of methoxy groups -OCH3 is 1. The van der Waals surface area contributed by atoms with Gasteiger partial charge in [-0.25, -0.2) is 0 Å². The first-order valence-electron chi connectivity index (χ1n) is 5.79. The minimum Gasteiger partial charge on any atom is -0.479 e. The molecule has 2 aliphatic heterocycles. The summed E-state index contributed by atoms with van der Waals surface area (Å²) in [5.41, 5.74) is 0. The number of piperidine rings is 1. The molecule has 2 atom stereocenters. The van der Waals surface area contributed by atoms with Crippen molar-refractivity contribution in [1.82, 2.24) is 15.4 Å². The van der Waals surface area contributed by atoms with Gasteiger partial charge in [0.1, 0.15) is 0 Å². The Morgan fingerprint density at radius 2 is 2.53 bits per heavy atom. The summed E-state index contributed by atoms with van der Waals surface area (Å²) < 4.78 is 9.87. The molecule has 2 saturated heterocycles. The zero-order valence-electron chi connectivity index (χ0n) is 9.68. The molecule has 2 fully saturated rings. The van der Waals surface area contributed by atoms with E-state index >= 15 is 0 Å². The summed E-state index contributed by atoms with van der Waals surface area (Å²) in [6.07, 6.45) is 1.17. The molecule has 0 aliphatic carbocycles. The van der Waals surface area contributed by atoms with E-state index in [1.165, 1.54) is 19.6 Å². The normalized spacial score (nSPS) is 27.2. The van der Waals surface area contributed by atoms with Crippen molar-refractivity contribution < 1.29 is 14.1 Å². The summed E-state index contributed by atoms with van der Waals surface area (Å²) in [5, 5.41) is 7.05. The number of hydrogen-bond acceptors (Lipinski definition) is 5. The predicted molar refractivity (Wildman–Crippen MR) is 58.9 cm³/mol. The second kappa shape index (κ2) is 4.03. The van der Waals surface area contributed by atoms with E-state index in [2.05, 4.69) is 10.5 Å². The van der Waals surface area contributed by atoms with Gasteiger partial charge in [0.2, 0.25) is 5.76 Å². The van der Waals surface area contributed by atoms with E-state index in [0.717, 1.165) is 19.6 Å². The van der Waals surface area contributed by atoms with Crippen molar-refractivity contribution in [2.75, 3.05) is 26.7 Å². The van der Waals surface area contributed by atoms with Crippen LogP contribution in [0.2, 0.25) is 0 Å². The van der Waals surface area contributed by atoms with Crippen LogP contribution in [-0.4, -0.2) is 48.7 Å². The number of ether oxygens (including phenoxy) is 1. The number of amides is 1. The first kappa shape index (κ1) is 10.6. The van der Waals surface area contributed by atoms with Crippen LogP contribution in [0, 0.1) is 5.92 Å². The molecule has 1 amide bonds. The van der Waals surface area contributed by atoms with Crippen LogP contribution in [0.5, 0.6) is 5.88 Å². The summed E-state index contributed by atoms with van der Waals surface area (Å²) in [6, 6.07) is 1.97. The van der Waals surface area contributed by atoms with Crippen molar-refractivity contribution in [1.29, 1.82) is 0 Å². The fourth-order valence-corrected chi connectivity index (χ4v) is 2.61. The zero-order chi connectivity index (χ0) is 11.8. The summed E-state index contributed by atoms with van der Waals surface area (Å²) in [6.45, 7) is 2.55. The maximum Gasteiger partial charge on any atom is 0.292 e. The molecule has 3 rings (SSSR count). The van der Waals surface area contributed by atoms with Crippen LogP contribution < -0.4 is 10.1 Å². The van der Waals surface area contributed by atoms with Gasteiger partial charge < -0.3 is 19.5 Å². The topological polar surface area (TPSA) is 67.6 Å². The van der Waals surface area contributed by atoms with Gasteiger partial charge in [-0.3, -0.25) is 4.79 Å². The molecule has 6 nitrogen and oxygen atoms in total. The fourth-order valence-electron chi connectivity index (χ4n) is 2.61. The van der Waals surface area contributed by atoms with Crippen LogP contribution in [-0.2, 0) is 0 Å². The van der Waals surface area contributed by atoms with Gasteiger partial charge in [-0.05, 0) is 17.5 Å². The molecule has 1 aromatic rings. The number of nitrogens with one attached hydrogen (secondary N) is 1. The molecule has 0 spiro atoms. The van der Waals surface area contributed by atoms with Crippen LogP contribution in [0.15, 0.2) is 10.6 Å². The quantitative estimate of drug-likeness (QED) is 0.791. The Morgan fingerprint density at radius 1 is 1.65 bits per heavy atom. The third kappa shape index (κ3) is 1.88. The summed E-state index contributed by atoms with van der Waals surface area (Å²) in [5.74, 6) is 1.07. The third-order valence-electron chi connectivity index (χ3n) is 3.43. The average molecular weight is 237 g/mol. The molecule has 0 aromatic carbocycles. The molecule has 3 heterocycles. The highest BCUT2D eigenvalue weighted by Gasteiger charge is 2.35. The van der Waals surface area contributed by atoms with Gasteiger partial charge in [-0.15, -0.1) is 0 Å². The van der Waals surface area contributed by atoms with Gasteiger partial charge in [0, 0.05) is 25.7 Å². The Kier molecular flexibility index (Phi) is 2.51. The maximum atomic E-state index is 12.2. The largest absolute Gasteiger partial charge is 0.479 e. The first-order chi connectivity index (χ1) is 8.26. The number of carbonyl (C=O) groups excluding carboxylic acids is 1. The Morgan fingerprint density at radius 3 is 3.24 bits per heavy atom. The van der Waals surface area contributed by atoms with Crippen molar-refractivity contribution in [2.24, 2.45) is 5.92 Å². The molecule has 1 N–H and O–H groups in total. The highest BCUT2D eigenvalue weighted by Crippen LogP contribution is 2.24. The van der Waals surface area contributed by atoms with Crippen molar-refractivity contribution in [3.05, 3.63) is 11.8 Å². The highest BCUT2D eigenvalue weighted by molar-refractivity contribution is 5.91. The Bertz CT molecular complexity index is 419. The maximum absolute atomic E-state index is 12.2. The third-order valence-corrected chi connectivity index (χ3v) is 3.43. The second-order valence-corrected chi connectivity index (χ2v) is 4.65. The molecular weight excluding hydrogens is 222 g/mol. The predicted octanol–water partition coefficient (Wildman–Crippen LogP) is 0.117. The highest BCUT2D eigenvalue weighted by atomic mass is 16.5. The average Bonchev–Trinajstić information content (AvgIpc) is 2.95. The van der Waals surface area contributed by atoms with Crippen molar-refractivity contribution in [3.63, 3.8) is 0 Å². The standard InChI is InChI=1S/C11H15N3O3/c1-16-10-3-9(17-13-10)11(15)14-5-7-2-8(6-14)12-4-7/h3,7-8,12H,2,4-6H2,1H3/t7-,8-/m1/s1. The monoisotopic (exact) mass is 237 g/mol. The molecule has 17 heavy (non-hydrogen) atoms. The molecule has 2 bridgehead atoms. The SMILES string of the molecule is COc1cc(C(=O)N2C[C@H]3CN[C@H](C3)C2)on1. The second-order valence-electron chi connectivity index (χ2n) is 4.65. The van der Waals surface area contributed by atoms with E-state index in [9.17, 15) is 4.79 Å². The van der Waals surface area contributed by atoms with Gasteiger partial charge >= 0.3 is 0 Å². The Balaban J connectivity index is 1.73. The van der Waals surface area contributed by atoms with Gasteiger partial charge in [-0.2, -0.15) is 0 Å². The molecule has 6 heteroatoms. The van der Waals surface area contributed by atoms with E-state index < -0.39 is 0 Å². The summed E-state index contributed by atoms with van der Waals surface area (Å²) in [7, 11) is 1.50. The smallest absolute Gasteiger partial charge is 0.292 e. The first-order valence-corrected chi connectivity index (χ1v) is 5.79. The van der Waals surface area contributed by atoms with E-state index in [-0.39, 0.29) is 11.7 Å². The number of fused-ring (bicyclic) bond motifs is 2. The van der Waals surface area contributed by atoms with Crippen LogP contribution in [0.3, 0.4) is 0 Å². The van der Waals surface area contributed by atoms with E-state index in [0.29, 0.717) is 17.8 Å². The molecule has 2 aliphatic rings. The number of rotatable bonds is 2. The van der Waals surface area contributed by atoms with E-state index in [1.54, 1.807) is 0 Å². The molecule has 0 saturated carbocycles. The number of likely N-dealkylation sites (tertiary alicyclic amines) is 1. The van der Waals surface area contributed by atoms with E-state index in [4.69, 9.17) is 9.26 Å². The van der Waals surface area contributed by atoms with Gasteiger partial charge in [0.05, 0.1) is 13.2 Å². The minimum atomic E-state index is -0.0980. The fraction of sp³-hybridized carbons (Fsp3) is 0.636. The van der Waals surface area contributed by atoms with Gasteiger partial charge in [0.25, 0.3) is 11.8 Å². The molecule has 1 aromatic heterocycles.